The molecule has 0 saturated heterocycles. The Kier molecular flexibility index (Phi) is 2.17. The molecule has 0 fully saturated rings. The minimum absolute atomic E-state index is 0.917. The summed E-state index contributed by atoms with van der Waals surface area (Å²) in [6, 6.07) is 8.48. The van der Waals surface area contributed by atoms with Crippen molar-refractivity contribution in [1.82, 2.24) is 0 Å². The summed E-state index contributed by atoms with van der Waals surface area (Å²) in [4.78, 5) is 14.3. The van der Waals surface area contributed by atoms with E-state index in [1.54, 1.807) is 0 Å². The molecule has 0 aliphatic heterocycles. The molecule has 48 valence electrons. The van der Waals surface area contributed by atoms with Gasteiger partial charge in [0.25, 0.3) is 0 Å². The highest BCUT2D eigenvalue weighted by atomic mass is 31.1. The van der Waals surface area contributed by atoms with Gasteiger partial charge in [-0.2, -0.15) is 0 Å². The largest absolute Gasteiger partial charge is 0.352 e. The zero-order valence-corrected chi connectivity index (χ0v) is 5.70. The van der Waals surface area contributed by atoms with E-state index in [1.807, 2.05) is 0 Å². The summed E-state index contributed by atoms with van der Waals surface area (Å²) in [7, 11) is -0.917. The fourth-order valence-electron chi connectivity index (χ4n) is 0.663. The standard InChI is InChI=1S/C6H4.H3O2P/c1-2-6-4-3-5(1)6;1-3-2/h1-4H;1-3H. The van der Waals surface area contributed by atoms with Crippen LogP contribution in [-0.4, -0.2) is 9.79 Å². The quantitative estimate of drug-likeness (QED) is 0.541. The number of hydrogen-bond acceptors (Lipinski definition) is 2. The van der Waals surface area contributed by atoms with Crippen LogP contribution in [-0.2, 0) is 0 Å². The summed E-state index contributed by atoms with van der Waals surface area (Å²) >= 11 is 0. The zero-order chi connectivity index (χ0) is 6.69. The zero-order valence-electron chi connectivity index (χ0n) is 4.70. The predicted molar refractivity (Wildman–Crippen MR) is 38.2 cm³/mol. The molecule has 0 bridgehead atoms. The third-order valence-corrected chi connectivity index (χ3v) is 1.22. The molecule has 0 spiro atoms. The molecular formula is C6H7O2P. The second-order valence-electron chi connectivity index (χ2n) is 1.68. The first-order chi connectivity index (χ1) is 4.38. The van der Waals surface area contributed by atoms with Gasteiger partial charge in [0.15, 0.2) is 0 Å². The van der Waals surface area contributed by atoms with Crippen LogP contribution in [0, 0.1) is 0 Å². The molecule has 3 heteroatoms. The van der Waals surface area contributed by atoms with Crippen molar-refractivity contribution in [2.75, 3.05) is 0 Å². The molecule has 0 aromatic heterocycles. The average molecular weight is 142 g/mol. The van der Waals surface area contributed by atoms with Gasteiger partial charge in [-0.1, -0.05) is 24.3 Å². The smallest absolute Gasteiger partial charge is 0.149 e. The van der Waals surface area contributed by atoms with E-state index in [-0.39, 0.29) is 0 Å². The van der Waals surface area contributed by atoms with E-state index in [0.717, 1.165) is 0 Å². The Balaban J connectivity index is 0.000000120. The summed E-state index contributed by atoms with van der Waals surface area (Å²) in [6.45, 7) is 0. The van der Waals surface area contributed by atoms with Crippen LogP contribution in [0.2, 0.25) is 0 Å². The Morgan fingerprint density at radius 2 is 1.11 bits per heavy atom. The minimum atomic E-state index is -0.917. The van der Waals surface area contributed by atoms with Crippen molar-refractivity contribution in [1.29, 1.82) is 0 Å². The minimum Gasteiger partial charge on any atom is -0.352 e. The van der Waals surface area contributed by atoms with Crippen LogP contribution >= 0.6 is 9.03 Å². The number of benzene rings is 1. The Bertz CT molecular complexity index is 162. The van der Waals surface area contributed by atoms with Crippen LogP contribution < -0.4 is 0 Å². The normalized spacial score (nSPS) is 9.56. The van der Waals surface area contributed by atoms with Gasteiger partial charge in [-0.3, -0.25) is 0 Å². The molecule has 0 unspecified atom stereocenters. The van der Waals surface area contributed by atoms with E-state index < -0.39 is 9.03 Å². The van der Waals surface area contributed by atoms with Gasteiger partial charge in [-0.05, 0) is 11.1 Å². The highest BCUT2D eigenvalue weighted by molar-refractivity contribution is 7.23. The molecule has 0 aromatic carbocycles. The van der Waals surface area contributed by atoms with Crippen LogP contribution in [0.25, 0.3) is 11.1 Å². The van der Waals surface area contributed by atoms with Crippen molar-refractivity contribution in [3.63, 3.8) is 0 Å². The van der Waals surface area contributed by atoms with E-state index in [9.17, 15) is 0 Å². The summed E-state index contributed by atoms with van der Waals surface area (Å²) < 4.78 is 0. The van der Waals surface area contributed by atoms with Crippen LogP contribution in [0.15, 0.2) is 24.3 Å². The summed E-state index contributed by atoms with van der Waals surface area (Å²) in [5.74, 6) is 0. The van der Waals surface area contributed by atoms with Gasteiger partial charge in [-0.25, -0.2) is 0 Å². The molecule has 0 atom stereocenters. The molecule has 2 aliphatic carbocycles. The number of fused-ring (bicyclic) bond motifs is 1. The topological polar surface area (TPSA) is 40.5 Å². The van der Waals surface area contributed by atoms with E-state index in [1.165, 1.54) is 11.1 Å². The van der Waals surface area contributed by atoms with Crippen molar-refractivity contribution >= 4 is 9.03 Å². The lowest BCUT2D eigenvalue weighted by atomic mass is 9.95. The van der Waals surface area contributed by atoms with Gasteiger partial charge in [0.05, 0.1) is 0 Å². The first kappa shape index (κ1) is 6.69. The highest BCUT2D eigenvalue weighted by Crippen LogP contribution is 2.29. The number of hydrogen-bond donors (Lipinski definition) is 2. The molecule has 0 aromatic rings. The van der Waals surface area contributed by atoms with E-state index in [0.29, 0.717) is 0 Å². The fraction of sp³-hybridized carbons (Fsp3) is 0. The molecule has 2 nitrogen and oxygen atoms in total. The second-order valence-corrected chi connectivity index (χ2v) is 1.88. The summed E-state index contributed by atoms with van der Waals surface area (Å²) in [6.07, 6.45) is 0. The van der Waals surface area contributed by atoms with Gasteiger partial charge >= 0.3 is 0 Å². The van der Waals surface area contributed by atoms with Crippen LogP contribution in [0.3, 0.4) is 0 Å². The van der Waals surface area contributed by atoms with Crippen LogP contribution in [0.4, 0.5) is 0 Å². The molecule has 0 saturated carbocycles. The van der Waals surface area contributed by atoms with E-state index in [2.05, 4.69) is 24.3 Å². The molecule has 2 rings (SSSR count). The Hall–Kier alpha value is -0.430. The molecular weight excluding hydrogens is 135 g/mol. The SMILES string of the molecule is OPO.c1cc2ccc1-2. The highest BCUT2D eigenvalue weighted by Gasteiger charge is 2.03. The molecule has 2 N–H and O–H groups in total. The Labute approximate surface area is 55.1 Å². The first-order valence-electron chi connectivity index (χ1n) is 2.52. The van der Waals surface area contributed by atoms with Gasteiger partial charge in [0, 0.05) is 0 Å². The summed E-state index contributed by atoms with van der Waals surface area (Å²) in [5.41, 5.74) is 2.85. The van der Waals surface area contributed by atoms with Crippen molar-refractivity contribution < 1.29 is 9.79 Å². The van der Waals surface area contributed by atoms with Crippen molar-refractivity contribution in [3.8, 4) is 11.1 Å². The lowest BCUT2D eigenvalue weighted by Crippen LogP contribution is -1.85. The van der Waals surface area contributed by atoms with Gasteiger partial charge in [-0.15, -0.1) is 0 Å². The molecule has 2 aliphatic rings. The molecule has 0 amide bonds. The molecule has 0 radical (unpaired) electrons. The molecule has 9 heavy (non-hydrogen) atoms. The monoisotopic (exact) mass is 142 g/mol. The third kappa shape index (κ3) is 1.28. The fourth-order valence-corrected chi connectivity index (χ4v) is 0.663. The lowest BCUT2D eigenvalue weighted by molar-refractivity contribution is 0.513. The van der Waals surface area contributed by atoms with Gasteiger partial charge in [0.1, 0.15) is 9.03 Å². The Morgan fingerprint density at radius 1 is 0.889 bits per heavy atom. The van der Waals surface area contributed by atoms with Crippen molar-refractivity contribution in [3.05, 3.63) is 24.3 Å². The van der Waals surface area contributed by atoms with Crippen LogP contribution in [0.1, 0.15) is 0 Å². The maximum atomic E-state index is 7.15. The van der Waals surface area contributed by atoms with Crippen molar-refractivity contribution in [2.45, 2.75) is 0 Å². The van der Waals surface area contributed by atoms with Crippen LogP contribution in [0.5, 0.6) is 0 Å². The maximum Gasteiger partial charge on any atom is 0.149 e. The summed E-state index contributed by atoms with van der Waals surface area (Å²) in [5, 5.41) is 0. The van der Waals surface area contributed by atoms with Crippen molar-refractivity contribution in [2.24, 2.45) is 0 Å². The second kappa shape index (κ2) is 2.92. The van der Waals surface area contributed by atoms with Gasteiger partial charge < -0.3 is 9.79 Å². The van der Waals surface area contributed by atoms with E-state index >= 15 is 0 Å². The maximum absolute atomic E-state index is 7.15. The third-order valence-electron chi connectivity index (χ3n) is 1.22. The molecule has 0 heterocycles. The first-order valence-corrected chi connectivity index (χ1v) is 3.41. The average Bonchev–Trinajstić information content (AvgIpc) is 1.81. The predicted octanol–water partition coefficient (Wildman–Crippen LogP) is 1.15. The lowest BCUT2D eigenvalue weighted by Gasteiger charge is -2.10. The Morgan fingerprint density at radius 3 is 1.11 bits per heavy atom. The van der Waals surface area contributed by atoms with E-state index in [4.69, 9.17) is 9.79 Å². The number of rotatable bonds is 0. The van der Waals surface area contributed by atoms with Gasteiger partial charge in [0.2, 0.25) is 0 Å².